The molecule has 3 aromatic rings. The van der Waals surface area contributed by atoms with Crippen molar-refractivity contribution in [2.24, 2.45) is 5.92 Å². The minimum absolute atomic E-state index is 0.0953. The number of anilines is 1. The molecule has 1 aromatic heterocycles. The first-order chi connectivity index (χ1) is 18.5. The Morgan fingerprint density at radius 2 is 1.90 bits per heavy atom. The van der Waals surface area contributed by atoms with E-state index in [1.165, 1.54) is 6.26 Å². The molecule has 6 nitrogen and oxygen atoms in total. The first-order valence-corrected chi connectivity index (χ1v) is 15.5. The Morgan fingerprint density at radius 3 is 2.51 bits per heavy atom. The lowest BCUT2D eigenvalue weighted by Crippen LogP contribution is -2.10. The third-order valence-electron chi connectivity index (χ3n) is 7.86. The number of aryl methyl sites for hydroxylation is 2. The van der Waals surface area contributed by atoms with Crippen LogP contribution in [0.5, 0.6) is 5.75 Å². The number of rotatable bonds is 10. The standard InChI is InChI=1S/C31H35FN2O4S/c1-18-14-22(38-12-5-13-39(4,36)37)15-19(2)30(18)23-7-9-27(32)31-24(23)8-11-29(31)34-21-6-10-28(33-17-21)26-16-25(26)20(3)35/h6-7,9-10,14-15,17,25-26,29,34H,5,8,11-13,16H2,1-4H3/t25-,26+,29-/m1/s1. The van der Waals surface area contributed by atoms with Gasteiger partial charge in [0.05, 0.1) is 30.3 Å². The minimum atomic E-state index is -3.01. The number of fused-ring (bicyclic) bond motifs is 1. The lowest BCUT2D eigenvalue weighted by Gasteiger charge is -2.19. The lowest BCUT2D eigenvalue weighted by molar-refractivity contribution is -0.118. The van der Waals surface area contributed by atoms with E-state index in [-0.39, 0.29) is 35.2 Å². The van der Waals surface area contributed by atoms with Crippen molar-refractivity contribution in [1.82, 2.24) is 4.98 Å². The fourth-order valence-corrected chi connectivity index (χ4v) is 6.56. The Morgan fingerprint density at radius 1 is 1.15 bits per heavy atom. The lowest BCUT2D eigenvalue weighted by atomic mass is 9.90. The fraction of sp³-hybridized carbons (Fsp3) is 0.419. The number of Topliss-reactive ketones (excluding diaryl/α,β-unsaturated/α-hetero) is 1. The van der Waals surface area contributed by atoms with E-state index in [1.54, 1.807) is 19.2 Å². The van der Waals surface area contributed by atoms with E-state index in [0.29, 0.717) is 24.3 Å². The molecule has 2 aromatic carbocycles. The molecule has 1 saturated carbocycles. The van der Waals surface area contributed by atoms with Gasteiger partial charge in [0, 0.05) is 29.3 Å². The first kappa shape index (κ1) is 27.3. The molecule has 2 aliphatic rings. The number of hydrogen-bond donors (Lipinski definition) is 1. The van der Waals surface area contributed by atoms with E-state index in [9.17, 15) is 13.2 Å². The maximum absolute atomic E-state index is 15.2. The normalized spacial score (nSPS) is 20.0. The van der Waals surface area contributed by atoms with Gasteiger partial charge in [-0.25, -0.2) is 12.8 Å². The molecular formula is C31H35FN2O4S. The molecule has 1 fully saturated rings. The molecule has 3 atom stereocenters. The third-order valence-corrected chi connectivity index (χ3v) is 8.89. The average Bonchev–Trinajstić information content (AvgIpc) is 3.57. The second-order valence-corrected chi connectivity index (χ2v) is 13.3. The highest BCUT2D eigenvalue weighted by atomic mass is 32.2. The van der Waals surface area contributed by atoms with Crippen LogP contribution in [0.2, 0.25) is 0 Å². The van der Waals surface area contributed by atoms with E-state index >= 15 is 4.39 Å². The molecule has 1 N–H and O–H groups in total. The van der Waals surface area contributed by atoms with Crippen molar-refractivity contribution in [3.63, 3.8) is 0 Å². The number of sulfone groups is 1. The molecular weight excluding hydrogens is 515 g/mol. The Hall–Kier alpha value is -3.26. The zero-order valence-electron chi connectivity index (χ0n) is 22.9. The van der Waals surface area contributed by atoms with Gasteiger partial charge in [0.25, 0.3) is 0 Å². The van der Waals surface area contributed by atoms with Gasteiger partial charge in [0.15, 0.2) is 0 Å². The van der Waals surface area contributed by atoms with Gasteiger partial charge in [-0.05, 0) is 105 Å². The summed E-state index contributed by atoms with van der Waals surface area (Å²) >= 11 is 0. The van der Waals surface area contributed by atoms with Crippen molar-refractivity contribution in [3.05, 3.63) is 76.4 Å². The van der Waals surface area contributed by atoms with Gasteiger partial charge in [-0.3, -0.25) is 9.78 Å². The van der Waals surface area contributed by atoms with E-state index in [2.05, 4.69) is 10.3 Å². The molecule has 0 unspecified atom stereocenters. The zero-order valence-corrected chi connectivity index (χ0v) is 23.7. The van der Waals surface area contributed by atoms with Crippen LogP contribution in [0.15, 0.2) is 42.6 Å². The summed E-state index contributed by atoms with van der Waals surface area (Å²) in [4.78, 5) is 16.2. The molecule has 0 radical (unpaired) electrons. The number of ketones is 1. The predicted molar refractivity (Wildman–Crippen MR) is 152 cm³/mol. The van der Waals surface area contributed by atoms with E-state index < -0.39 is 9.84 Å². The van der Waals surface area contributed by atoms with Gasteiger partial charge in [-0.15, -0.1) is 0 Å². The molecule has 0 bridgehead atoms. The molecule has 1 heterocycles. The summed E-state index contributed by atoms with van der Waals surface area (Å²) in [5.41, 5.74) is 7.67. The van der Waals surface area contributed by atoms with Crippen molar-refractivity contribution in [1.29, 1.82) is 0 Å². The van der Waals surface area contributed by atoms with Gasteiger partial charge in [-0.2, -0.15) is 0 Å². The smallest absolute Gasteiger partial charge is 0.147 e. The third kappa shape index (κ3) is 6.01. The topological polar surface area (TPSA) is 85.4 Å². The molecule has 0 saturated heterocycles. The van der Waals surface area contributed by atoms with E-state index in [0.717, 1.165) is 58.5 Å². The van der Waals surface area contributed by atoms with Gasteiger partial charge >= 0.3 is 0 Å². The van der Waals surface area contributed by atoms with E-state index in [1.807, 2.05) is 44.2 Å². The molecule has 0 aliphatic heterocycles. The molecule has 5 rings (SSSR count). The summed E-state index contributed by atoms with van der Waals surface area (Å²) in [5.74, 6) is 1.13. The summed E-state index contributed by atoms with van der Waals surface area (Å²) in [7, 11) is -3.01. The quantitative estimate of drug-likeness (QED) is 0.307. The van der Waals surface area contributed by atoms with Crippen LogP contribution in [0.4, 0.5) is 10.1 Å². The summed E-state index contributed by atoms with van der Waals surface area (Å²) in [5, 5.41) is 3.48. The summed E-state index contributed by atoms with van der Waals surface area (Å²) in [6, 6.07) is 11.1. The number of pyridine rings is 1. The molecule has 39 heavy (non-hydrogen) atoms. The fourth-order valence-electron chi connectivity index (χ4n) is 5.92. The highest BCUT2D eigenvalue weighted by Gasteiger charge is 2.42. The van der Waals surface area contributed by atoms with Crippen molar-refractivity contribution >= 4 is 21.3 Å². The number of halogens is 1. The molecule has 2 aliphatic carbocycles. The summed E-state index contributed by atoms with van der Waals surface area (Å²) in [6.07, 6.45) is 5.86. The van der Waals surface area contributed by atoms with Crippen LogP contribution in [0.25, 0.3) is 11.1 Å². The van der Waals surface area contributed by atoms with Crippen LogP contribution in [-0.2, 0) is 21.1 Å². The molecule has 206 valence electrons. The maximum Gasteiger partial charge on any atom is 0.147 e. The van der Waals surface area contributed by atoms with Crippen LogP contribution in [0, 0.1) is 25.6 Å². The first-order valence-electron chi connectivity index (χ1n) is 13.5. The molecule has 8 heteroatoms. The van der Waals surface area contributed by atoms with Gasteiger partial charge < -0.3 is 10.1 Å². The number of carbonyl (C=O) groups is 1. The Bertz CT molecular complexity index is 1500. The Balaban J connectivity index is 1.33. The number of aromatic nitrogens is 1. The number of benzene rings is 2. The minimum Gasteiger partial charge on any atom is -0.494 e. The van der Waals surface area contributed by atoms with Crippen molar-refractivity contribution in [2.45, 2.75) is 58.4 Å². The number of nitrogens with zero attached hydrogens (tertiary/aromatic N) is 1. The van der Waals surface area contributed by atoms with Crippen LogP contribution >= 0.6 is 0 Å². The van der Waals surface area contributed by atoms with Crippen molar-refractivity contribution in [2.75, 3.05) is 23.9 Å². The zero-order chi connectivity index (χ0) is 27.9. The monoisotopic (exact) mass is 550 g/mol. The van der Waals surface area contributed by atoms with Gasteiger partial charge in [-0.1, -0.05) is 6.07 Å². The highest BCUT2D eigenvalue weighted by Crippen LogP contribution is 2.47. The molecule has 0 spiro atoms. The number of hydrogen-bond acceptors (Lipinski definition) is 6. The average molecular weight is 551 g/mol. The van der Waals surface area contributed by atoms with Crippen molar-refractivity contribution in [3.8, 4) is 16.9 Å². The SMILES string of the molecule is CC(=O)[C@H]1C[C@@H]1c1ccc(N[C@@H]2CCc3c(-c4c(C)cc(OCCCS(C)(=O)=O)cc4C)ccc(F)c32)cn1. The number of nitrogens with one attached hydrogen (secondary N) is 1. The van der Waals surface area contributed by atoms with Crippen LogP contribution in [0.1, 0.15) is 66.1 Å². The predicted octanol–water partition coefficient (Wildman–Crippen LogP) is 6.11. The highest BCUT2D eigenvalue weighted by molar-refractivity contribution is 7.90. The number of carbonyl (C=O) groups excluding carboxylic acids is 1. The maximum atomic E-state index is 15.2. The largest absolute Gasteiger partial charge is 0.494 e. The van der Waals surface area contributed by atoms with E-state index in [4.69, 9.17) is 4.74 Å². The Labute approximate surface area is 229 Å². The molecule has 0 amide bonds. The summed E-state index contributed by atoms with van der Waals surface area (Å²) < 4.78 is 43.8. The van der Waals surface area contributed by atoms with Gasteiger partial charge in [0.1, 0.15) is 27.2 Å². The second-order valence-electron chi connectivity index (χ2n) is 11.0. The Kier molecular flexibility index (Phi) is 7.51. The number of ether oxygens (including phenoxy) is 1. The van der Waals surface area contributed by atoms with Gasteiger partial charge in [0.2, 0.25) is 0 Å². The summed E-state index contributed by atoms with van der Waals surface area (Å²) in [6.45, 7) is 6.01. The second kappa shape index (κ2) is 10.7. The van der Waals surface area contributed by atoms with Crippen LogP contribution < -0.4 is 10.1 Å². The van der Waals surface area contributed by atoms with Crippen LogP contribution in [0.3, 0.4) is 0 Å². The van der Waals surface area contributed by atoms with Crippen molar-refractivity contribution < 1.29 is 22.3 Å². The van der Waals surface area contributed by atoms with Crippen LogP contribution in [-0.4, -0.2) is 37.8 Å².